The minimum absolute atomic E-state index is 0.737. The summed E-state index contributed by atoms with van der Waals surface area (Å²) in [5.74, 6) is 0. The lowest BCUT2D eigenvalue weighted by atomic mass is 9.96. The average molecular weight is 197 g/mol. The van der Waals surface area contributed by atoms with Crippen molar-refractivity contribution in [1.82, 2.24) is 0 Å². The Morgan fingerprint density at radius 3 is 1.93 bits per heavy atom. The first-order chi connectivity index (χ1) is 8.12. The van der Waals surface area contributed by atoms with Crippen molar-refractivity contribution < 1.29 is 2.74 Å². The second-order valence-corrected chi connectivity index (χ2v) is 3.72. The van der Waals surface area contributed by atoms with Crippen molar-refractivity contribution in [2.24, 2.45) is 0 Å². The number of para-hydroxylation sites is 2. The molecule has 0 amide bonds. The zero-order valence-electron chi connectivity index (χ0n) is 10.6. The molecule has 2 aromatic carbocycles. The maximum atomic E-state index is 8.32. The number of nitrogens with zero attached hydrogens (tertiary/aromatic N) is 1. The second-order valence-electron chi connectivity index (χ2n) is 3.72. The van der Waals surface area contributed by atoms with Crippen LogP contribution in [-0.2, 0) is 6.37 Å². The molecule has 0 atom stereocenters. The summed E-state index contributed by atoms with van der Waals surface area (Å²) in [5, 5.41) is 0. The van der Waals surface area contributed by atoms with E-state index >= 15 is 0 Å². The molecule has 15 heavy (non-hydrogen) atoms. The third-order valence-electron chi connectivity index (χ3n) is 2.80. The number of fused-ring (bicyclic) bond motifs is 2. The lowest BCUT2D eigenvalue weighted by molar-refractivity contribution is 1.06. The Morgan fingerprint density at radius 2 is 1.40 bits per heavy atom. The van der Waals surface area contributed by atoms with E-state index in [1.165, 1.54) is 0 Å². The van der Waals surface area contributed by atoms with Crippen LogP contribution in [0.1, 0.15) is 13.9 Å². The fourth-order valence-corrected chi connectivity index (χ4v) is 2.02. The van der Waals surface area contributed by atoms with Crippen molar-refractivity contribution in [3.63, 3.8) is 0 Å². The maximum absolute atomic E-state index is 8.32. The maximum Gasteiger partial charge on any atom is 0.0444 e. The van der Waals surface area contributed by atoms with Crippen LogP contribution in [0.4, 0.5) is 11.4 Å². The van der Waals surface area contributed by atoms with Gasteiger partial charge in [0.1, 0.15) is 0 Å². The number of rotatable bonds is 0. The lowest BCUT2D eigenvalue weighted by Gasteiger charge is -2.29. The summed E-state index contributed by atoms with van der Waals surface area (Å²) in [5.41, 5.74) is 3.36. The van der Waals surface area contributed by atoms with Gasteiger partial charge < -0.3 is 4.90 Å². The van der Waals surface area contributed by atoms with E-state index in [0.717, 1.165) is 22.5 Å². The van der Waals surface area contributed by atoms with E-state index in [4.69, 9.17) is 2.74 Å². The van der Waals surface area contributed by atoms with Crippen LogP contribution in [0.15, 0.2) is 48.5 Å². The lowest BCUT2D eigenvalue weighted by Crippen LogP contribution is -2.18. The van der Waals surface area contributed by atoms with Crippen LogP contribution in [0.3, 0.4) is 0 Å². The van der Waals surface area contributed by atoms with Gasteiger partial charge in [0.15, 0.2) is 0 Å². The minimum atomic E-state index is -1.42. The molecular weight excluding hydrogens is 182 g/mol. The van der Waals surface area contributed by atoms with Gasteiger partial charge >= 0.3 is 0 Å². The van der Waals surface area contributed by atoms with Crippen LogP contribution in [0.5, 0.6) is 0 Å². The van der Waals surface area contributed by atoms with Crippen LogP contribution >= 0.6 is 0 Å². The summed E-state index contributed by atoms with van der Waals surface area (Å²) >= 11 is 0. The van der Waals surface area contributed by atoms with Crippen molar-refractivity contribution >= 4 is 11.4 Å². The monoisotopic (exact) mass is 197 g/mol. The first-order valence-electron chi connectivity index (χ1n) is 6.05. The Kier molecular flexibility index (Phi) is 1.39. The van der Waals surface area contributed by atoms with Crippen LogP contribution in [0, 0.1) is 0 Å². The van der Waals surface area contributed by atoms with E-state index in [2.05, 4.69) is 0 Å². The van der Waals surface area contributed by atoms with E-state index in [-0.39, 0.29) is 0 Å². The smallest absolute Gasteiger partial charge is 0.0444 e. The highest BCUT2D eigenvalue weighted by molar-refractivity contribution is 5.73. The number of hydrogen-bond donors (Lipinski definition) is 0. The zero-order valence-corrected chi connectivity index (χ0v) is 8.57. The molecule has 1 aliphatic rings. The molecule has 0 aliphatic carbocycles. The largest absolute Gasteiger partial charge is 0.344 e. The van der Waals surface area contributed by atoms with Gasteiger partial charge in [-0.1, -0.05) is 36.4 Å². The Hall–Kier alpha value is -1.76. The molecular formula is C14H13N. The van der Waals surface area contributed by atoms with E-state index in [1.807, 2.05) is 60.5 Å². The first-order valence-corrected chi connectivity index (χ1v) is 5.05. The van der Waals surface area contributed by atoms with Crippen molar-refractivity contribution in [2.45, 2.75) is 6.37 Å². The fraction of sp³-hybridized carbons (Fsp3) is 0.143. The van der Waals surface area contributed by atoms with Gasteiger partial charge in [0.2, 0.25) is 0 Å². The Labute approximate surface area is 92.8 Å². The molecule has 1 nitrogen and oxygen atoms in total. The molecule has 0 saturated heterocycles. The second kappa shape index (κ2) is 3.13. The quantitative estimate of drug-likeness (QED) is 0.626. The topological polar surface area (TPSA) is 3.24 Å². The molecule has 0 unspecified atom stereocenters. The third kappa shape index (κ3) is 1.23. The summed E-state index contributed by atoms with van der Waals surface area (Å²) < 4.78 is 16.6. The third-order valence-corrected chi connectivity index (χ3v) is 2.80. The van der Waals surface area contributed by atoms with Crippen LogP contribution in [0.25, 0.3) is 0 Å². The molecule has 0 radical (unpaired) electrons. The summed E-state index contributed by atoms with van der Waals surface area (Å²) in [7, 11) is 1.98. The normalized spacial score (nSPS) is 18.6. The van der Waals surface area contributed by atoms with Crippen molar-refractivity contribution in [3.05, 3.63) is 59.7 Å². The first kappa shape index (κ1) is 6.67. The summed E-state index contributed by atoms with van der Waals surface area (Å²) in [6.45, 7) is 0. The molecule has 1 heterocycles. The molecule has 0 spiro atoms. The van der Waals surface area contributed by atoms with Crippen molar-refractivity contribution in [2.75, 3.05) is 11.9 Å². The predicted octanol–water partition coefficient (Wildman–Crippen LogP) is 3.36. The van der Waals surface area contributed by atoms with E-state index < -0.39 is 6.37 Å². The predicted molar refractivity (Wildman–Crippen MR) is 63.8 cm³/mol. The molecule has 0 bridgehead atoms. The van der Waals surface area contributed by atoms with Gasteiger partial charge in [-0.25, -0.2) is 0 Å². The van der Waals surface area contributed by atoms with Crippen LogP contribution < -0.4 is 4.90 Å². The van der Waals surface area contributed by atoms with E-state index in [0.29, 0.717) is 0 Å². The highest BCUT2D eigenvalue weighted by Crippen LogP contribution is 2.36. The number of anilines is 2. The molecule has 0 saturated carbocycles. The van der Waals surface area contributed by atoms with Gasteiger partial charge in [-0.15, -0.1) is 0 Å². The molecule has 74 valence electrons. The molecule has 0 aromatic heterocycles. The number of hydrogen-bond acceptors (Lipinski definition) is 1. The Bertz CT molecular complexity index is 528. The number of benzene rings is 2. The summed E-state index contributed by atoms with van der Waals surface area (Å²) in [4.78, 5) is 2.05. The summed E-state index contributed by atoms with van der Waals surface area (Å²) in [6, 6.07) is 15.3. The molecule has 1 heteroatoms. The van der Waals surface area contributed by atoms with Gasteiger partial charge in [-0.3, -0.25) is 0 Å². The molecule has 0 fully saturated rings. The van der Waals surface area contributed by atoms with Crippen LogP contribution in [0.2, 0.25) is 0 Å². The minimum Gasteiger partial charge on any atom is -0.344 e. The summed E-state index contributed by atoms with van der Waals surface area (Å²) in [6.07, 6.45) is -1.42. The van der Waals surface area contributed by atoms with Gasteiger partial charge in [0.25, 0.3) is 0 Å². The van der Waals surface area contributed by atoms with Crippen molar-refractivity contribution in [1.29, 1.82) is 0 Å². The zero-order chi connectivity index (χ0) is 12.0. The standard InChI is InChI=1S/C14H13N/c1-15-13-8-4-2-6-11(13)10-12-7-3-5-9-14(12)15/h2-9H,10H2,1H3/i10D2. The van der Waals surface area contributed by atoms with Gasteiger partial charge in [-0.2, -0.15) is 0 Å². The fourth-order valence-electron chi connectivity index (χ4n) is 2.02. The SMILES string of the molecule is [2H]C1([2H])c2ccccc2N(C)c2ccccc21. The highest BCUT2D eigenvalue weighted by Gasteiger charge is 2.17. The molecule has 1 aliphatic heterocycles. The molecule has 2 aromatic rings. The molecule has 3 rings (SSSR count). The van der Waals surface area contributed by atoms with Crippen molar-refractivity contribution in [3.8, 4) is 0 Å². The van der Waals surface area contributed by atoms with E-state index in [1.54, 1.807) is 0 Å². The average Bonchev–Trinajstić information content (AvgIpc) is 2.37. The van der Waals surface area contributed by atoms with Gasteiger partial charge in [0, 0.05) is 27.5 Å². The molecule has 0 N–H and O–H groups in total. The van der Waals surface area contributed by atoms with Gasteiger partial charge in [-0.05, 0) is 23.3 Å². The van der Waals surface area contributed by atoms with Gasteiger partial charge in [0.05, 0.1) is 0 Å². The highest BCUT2D eigenvalue weighted by atomic mass is 15.1. The van der Waals surface area contributed by atoms with Crippen LogP contribution in [-0.4, -0.2) is 7.05 Å². The van der Waals surface area contributed by atoms with E-state index in [9.17, 15) is 0 Å². The Morgan fingerprint density at radius 1 is 0.933 bits per heavy atom. The Balaban J connectivity index is 2.34.